The van der Waals surface area contributed by atoms with Crippen molar-refractivity contribution in [1.82, 2.24) is 10.4 Å². The maximum Gasteiger partial charge on any atom is 0.0849 e. The fourth-order valence-electron chi connectivity index (χ4n) is 1.54. The molecule has 0 bridgehead atoms. The van der Waals surface area contributed by atoms with Crippen LogP contribution in [0.5, 0.6) is 0 Å². The van der Waals surface area contributed by atoms with Crippen molar-refractivity contribution in [2.45, 2.75) is 39.4 Å². The summed E-state index contributed by atoms with van der Waals surface area (Å²) in [5.41, 5.74) is 2.85. The molecule has 1 unspecified atom stereocenters. The van der Waals surface area contributed by atoms with Crippen molar-refractivity contribution in [2.75, 3.05) is 32.8 Å². The number of nitrogens with one attached hydrogen (secondary N) is 1. The number of hydrogen-bond donors (Lipinski definition) is 1. The Kier molecular flexibility index (Phi) is 4.99. The first-order valence-corrected chi connectivity index (χ1v) is 5.76. The molecule has 0 spiro atoms. The Balaban J connectivity index is 2.15. The summed E-state index contributed by atoms with van der Waals surface area (Å²) >= 11 is 0. The zero-order valence-corrected chi connectivity index (χ0v) is 10.4. The van der Waals surface area contributed by atoms with E-state index in [-0.39, 0.29) is 11.7 Å². The minimum absolute atomic E-state index is 0.140. The van der Waals surface area contributed by atoms with Gasteiger partial charge in [-0.05, 0) is 27.3 Å². The second kappa shape index (κ2) is 5.80. The van der Waals surface area contributed by atoms with E-state index >= 15 is 0 Å². The summed E-state index contributed by atoms with van der Waals surface area (Å²) in [5, 5.41) is 0. The lowest BCUT2D eigenvalue weighted by Crippen LogP contribution is -2.47. The molecular weight excluding hydrogens is 192 g/mol. The summed E-state index contributed by atoms with van der Waals surface area (Å²) in [6, 6.07) is 0. The highest BCUT2D eigenvalue weighted by molar-refractivity contribution is 4.71. The largest absolute Gasteiger partial charge is 0.374 e. The molecule has 0 aromatic rings. The van der Waals surface area contributed by atoms with E-state index in [1.807, 2.05) is 20.8 Å². The van der Waals surface area contributed by atoms with Crippen LogP contribution in [0, 0.1) is 0 Å². The zero-order valence-electron chi connectivity index (χ0n) is 10.4. The lowest BCUT2D eigenvalue weighted by atomic mass is 10.2. The molecule has 1 aliphatic rings. The van der Waals surface area contributed by atoms with Gasteiger partial charge in [0.25, 0.3) is 0 Å². The molecule has 4 nitrogen and oxygen atoms in total. The van der Waals surface area contributed by atoms with Crippen molar-refractivity contribution in [2.24, 2.45) is 0 Å². The molecule has 1 atom stereocenters. The van der Waals surface area contributed by atoms with E-state index < -0.39 is 0 Å². The second-order valence-electron chi connectivity index (χ2n) is 4.95. The van der Waals surface area contributed by atoms with Crippen LogP contribution in [0.25, 0.3) is 0 Å². The van der Waals surface area contributed by atoms with Gasteiger partial charge in [0, 0.05) is 19.6 Å². The summed E-state index contributed by atoms with van der Waals surface area (Å²) in [5.74, 6) is 0. The summed E-state index contributed by atoms with van der Waals surface area (Å²) in [6.45, 7) is 13.0. The maximum absolute atomic E-state index is 5.64. The zero-order chi connectivity index (χ0) is 11.3. The Labute approximate surface area is 92.9 Å². The second-order valence-corrected chi connectivity index (χ2v) is 4.95. The van der Waals surface area contributed by atoms with Gasteiger partial charge in [0.2, 0.25) is 0 Å². The summed E-state index contributed by atoms with van der Waals surface area (Å²) in [4.78, 5) is 7.85. The maximum atomic E-state index is 5.64. The Hall–Kier alpha value is -0.160. The van der Waals surface area contributed by atoms with Crippen molar-refractivity contribution in [3.8, 4) is 0 Å². The van der Waals surface area contributed by atoms with Crippen LogP contribution in [-0.4, -0.2) is 49.4 Å². The Bertz CT molecular complexity index is 180. The molecule has 0 amide bonds. The average molecular weight is 216 g/mol. The van der Waals surface area contributed by atoms with E-state index in [1.54, 1.807) is 0 Å². The third-order valence-electron chi connectivity index (χ3n) is 2.36. The van der Waals surface area contributed by atoms with Gasteiger partial charge in [-0.25, -0.2) is 0 Å². The summed E-state index contributed by atoms with van der Waals surface area (Å²) < 4.78 is 5.64. The Morgan fingerprint density at radius 1 is 1.47 bits per heavy atom. The van der Waals surface area contributed by atoms with E-state index in [2.05, 4.69) is 17.3 Å². The third kappa shape index (κ3) is 5.47. The molecule has 1 aliphatic heterocycles. The molecule has 0 aromatic heterocycles. The molecule has 1 N–H and O–H groups in total. The first kappa shape index (κ1) is 12.9. The van der Waals surface area contributed by atoms with Crippen LogP contribution in [-0.2, 0) is 9.57 Å². The van der Waals surface area contributed by atoms with Gasteiger partial charge in [0.05, 0.1) is 18.3 Å². The van der Waals surface area contributed by atoms with Crippen LogP contribution in [0.2, 0.25) is 0 Å². The van der Waals surface area contributed by atoms with Gasteiger partial charge in [-0.1, -0.05) is 6.92 Å². The highest BCUT2D eigenvalue weighted by Crippen LogP contribution is 2.06. The van der Waals surface area contributed by atoms with Gasteiger partial charge in [-0.2, -0.15) is 5.48 Å². The molecular formula is C11H24N2O2. The molecule has 15 heavy (non-hydrogen) atoms. The van der Waals surface area contributed by atoms with Crippen LogP contribution in [0.3, 0.4) is 0 Å². The fraction of sp³-hybridized carbons (Fsp3) is 1.00. The predicted octanol–water partition coefficient (Wildman–Crippen LogP) is 1.03. The van der Waals surface area contributed by atoms with Crippen molar-refractivity contribution >= 4 is 0 Å². The number of ether oxygens (including phenoxy) is 1. The van der Waals surface area contributed by atoms with Crippen molar-refractivity contribution in [3.63, 3.8) is 0 Å². The molecule has 4 heteroatoms. The van der Waals surface area contributed by atoms with Crippen molar-refractivity contribution in [1.29, 1.82) is 0 Å². The van der Waals surface area contributed by atoms with E-state index in [1.165, 1.54) is 0 Å². The lowest BCUT2D eigenvalue weighted by molar-refractivity contribution is -0.102. The molecule has 0 aliphatic carbocycles. The van der Waals surface area contributed by atoms with Gasteiger partial charge in [-0.3, -0.25) is 9.74 Å². The van der Waals surface area contributed by atoms with Crippen LogP contribution in [0.1, 0.15) is 27.7 Å². The highest BCUT2D eigenvalue weighted by Gasteiger charge is 2.19. The van der Waals surface area contributed by atoms with Crippen LogP contribution in [0.15, 0.2) is 0 Å². The average Bonchev–Trinajstić information content (AvgIpc) is 2.16. The third-order valence-corrected chi connectivity index (χ3v) is 2.36. The lowest BCUT2D eigenvalue weighted by Gasteiger charge is -2.32. The number of rotatable bonds is 4. The van der Waals surface area contributed by atoms with E-state index in [0.29, 0.717) is 0 Å². The molecule has 1 fully saturated rings. The minimum Gasteiger partial charge on any atom is -0.374 e. The summed E-state index contributed by atoms with van der Waals surface area (Å²) in [6.07, 6.45) is 0.251. The minimum atomic E-state index is -0.140. The molecule has 90 valence electrons. The topological polar surface area (TPSA) is 33.7 Å². The first-order chi connectivity index (χ1) is 7.01. The monoisotopic (exact) mass is 216 g/mol. The molecule has 1 heterocycles. The van der Waals surface area contributed by atoms with Gasteiger partial charge in [-0.15, -0.1) is 0 Å². The standard InChI is InChI=1S/C11H24N2O2/c1-5-13-6-7-14-10(9-13)8-12-15-11(2,3)4/h10,12H,5-9H2,1-4H3. The van der Waals surface area contributed by atoms with E-state index in [4.69, 9.17) is 9.57 Å². The van der Waals surface area contributed by atoms with E-state index in [0.717, 1.165) is 32.8 Å². The fourth-order valence-corrected chi connectivity index (χ4v) is 1.54. The molecule has 0 aromatic carbocycles. The number of hydrogen-bond acceptors (Lipinski definition) is 4. The number of morpholine rings is 1. The molecule has 0 radical (unpaired) electrons. The highest BCUT2D eigenvalue weighted by atomic mass is 16.7. The molecule has 1 rings (SSSR count). The van der Waals surface area contributed by atoms with E-state index in [9.17, 15) is 0 Å². The van der Waals surface area contributed by atoms with Gasteiger partial charge in [0.15, 0.2) is 0 Å². The number of hydroxylamine groups is 1. The number of nitrogens with zero attached hydrogens (tertiary/aromatic N) is 1. The smallest absolute Gasteiger partial charge is 0.0849 e. The molecule has 1 saturated heterocycles. The summed E-state index contributed by atoms with van der Waals surface area (Å²) in [7, 11) is 0. The predicted molar refractivity (Wildman–Crippen MR) is 60.7 cm³/mol. The van der Waals surface area contributed by atoms with Gasteiger partial charge in [0.1, 0.15) is 0 Å². The van der Waals surface area contributed by atoms with Crippen LogP contribution < -0.4 is 5.48 Å². The quantitative estimate of drug-likeness (QED) is 0.712. The van der Waals surface area contributed by atoms with Crippen LogP contribution >= 0.6 is 0 Å². The van der Waals surface area contributed by atoms with Crippen LogP contribution in [0.4, 0.5) is 0 Å². The molecule has 0 saturated carbocycles. The normalized spacial score (nSPS) is 24.4. The van der Waals surface area contributed by atoms with Gasteiger partial charge >= 0.3 is 0 Å². The first-order valence-electron chi connectivity index (χ1n) is 5.76. The Morgan fingerprint density at radius 3 is 2.80 bits per heavy atom. The Morgan fingerprint density at radius 2 is 2.20 bits per heavy atom. The SMILES string of the molecule is CCN1CCOC(CNOC(C)(C)C)C1. The van der Waals surface area contributed by atoms with Crippen molar-refractivity contribution in [3.05, 3.63) is 0 Å². The van der Waals surface area contributed by atoms with Crippen molar-refractivity contribution < 1.29 is 9.57 Å². The van der Waals surface area contributed by atoms with Gasteiger partial charge < -0.3 is 4.74 Å². The number of likely N-dealkylation sites (N-methyl/N-ethyl adjacent to an activating group) is 1.